The molecule has 100 valence electrons. The van der Waals surface area contributed by atoms with Gasteiger partial charge in [0, 0.05) is 0 Å². The molecule has 0 atom stereocenters. The lowest BCUT2D eigenvalue weighted by Crippen LogP contribution is -2.44. The molecule has 0 saturated heterocycles. The van der Waals surface area contributed by atoms with Crippen molar-refractivity contribution in [3.8, 4) is 5.75 Å². The van der Waals surface area contributed by atoms with Gasteiger partial charge < -0.3 is 4.43 Å². The number of aldehydes is 1. The van der Waals surface area contributed by atoms with Gasteiger partial charge >= 0.3 is 0 Å². The van der Waals surface area contributed by atoms with E-state index >= 15 is 0 Å². The fourth-order valence-electron chi connectivity index (χ4n) is 1.45. The lowest BCUT2D eigenvalue weighted by atomic mass is 10.1. The molecule has 18 heavy (non-hydrogen) atoms. The van der Waals surface area contributed by atoms with Crippen LogP contribution in [0.5, 0.6) is 5.75 Å². The third kappa shape index (κ3) is 2.83. The molecule has 0 radical (unpaired) electrons. The molecule has 0 bridgehead atoms. The molecular formula is C15H24O2Si. The maximum atomic E-state index is 11.2. The van der Waals surface area contributed by atoms with E-state index in [1.807, 2.05) is 26.0 Å². The zero-order valence-electron chi connectivity index (χ0n) is 12.5. The Hall–Kier alpha value is -1.09. The van der Waals surface area contributed by atoms with Crippen molar-refractivity contribution in [1.82, 2.24) is 0 Å². The Balaban J connectivity index is 3.26. The SMILES string of the molecule is Cc1ccc(C=O)c(O[Si](C)(C)C(C)(C)C)c1C. The Morgan fingerprint density at radius 1 is 1.17 bits per heavy atom. The summed E-state index contributed by atoms with van der Waals surface area (Å²) in [7, 11) is -1.91. The minimum Gasteiger partial charge on any atom is -0.543 e. The van der Waals surface area contributed by atoms with Crippen molar-refractivity contribution in [2.45, 2.75) is 52.8 Å². The minimum atomic E-state index is -1.91. The van der Waals surface area contributed by atoms with E-state index in [0.29, 0.717) is 5.56 Å². The zero-order valence-corrected chi connectivity index (χ0v) is 13.5. The van der Waals surface area contributed by atoms with Crippen LogP contribution in [-0.2, 0) is 0 Å². The standard InChI is InChI=1S/C15H24O2Si/c1-11-8-9-13(10-16)14(12(11)2)17-18(6,7)15(3,4)5/h8-10H,1-7H3. The van der Waals surface area contributed by atoms with Gasteiger partial charge in [0.25, 0.3) is 8.32 Å². The Bertz CT molecular complexity index is 456. The summed E-state index contributed by atoms with van der Waals surface area (Å²) in [6.07, 6.45) is 0.884. The van der Waals surface area contributed by atoms with Crippen molar-refractivity contribution < 1.29 is 9.22 Å². The Kier molecular flexibility index (Phi) is 4.06. The summed E-state index contributed by atoms with van der Waals surface area (Å²) in [5.74, 6) is 0.775. The third-order valence-electron chi connectivity index (χ3n) is 4.00. The fraction of sp³-hybridized carbons (Fsp3) is 0.533. The highest BCUT2D eigenvalue weighted by Crippen LogP contribution is 2.39. The molecule has 0 amide bonds. The van der Waals surface area contributed by atoms with Gasteiger partial charge in [-0.05, 0) is 49.2 Å². The monoisotopic (exact) mass is 264 g/mol. The summed E-state index contributed by atoms with van der Waals surface area (Å²) in [4.78, 5) is 11.2. The van der Waals surface area contributed by atoms with Crippen LogP contribution in [0.4, 0.5) is 0 Å². The van der Waals surface area contributed by atoms with Gasteiger partial charge in [0.2, 0.25) is 0 Å². The van der Waals surface area contributed by atoms with Gasteiger partial charge in [-0.15, -0.1) is 0 Å². The number of carbonyl (C=O) groups excluding carboxylic acids is 1. The van der Waals surface area contributed by atoms with Crippen molar-refractivity contribution >= 4 is 14.6 Å². The number of carbonyl (C=O) groups is 1. The molecule has 1 aromatic carbocycles. The van der Waals surface area contributed by atoms with E-state index in [2.05, 4.69) is 33.9 Å². The van der Waals surface area contributed by atoms with E-state index < -0.39 is 8.32 Å². The van der Waals surface area contributed by atoms with Crippen LogP contribution < -0.4 is 4.43 Å². The van der Waals surface area contributed by atoms with Crippen LogP contribution in [0.15, 0.2) is 12.1 Å². The second-order valence-corrected chi connectivity index (χ2v) is 11.1. The van der Waals surface area contributed by atoms with E-state index in [-0.39, 0.29) is 5.04 Å². The lowest BCUT2D eigenvalue weighted by molar-refractivity contribution is 0.112. The summed E-state index contributed by atoms with van der Waals surface area (Å²) in [5, 5.41) is 0.128. The molecule has 0 unspecified atom stereocenters. The Morgan fingerprint density at radius 2 is 1.72 bits per heavy atom. The van der Waals surface area contributed by atoms with Crippen molar-refractivity contribution in [1.29, 1.82) is 0 Å². The summed E-state index contributed by atoms with van der Waals surface area (Å²) in [6.45, 7) is 15.1. The minimum absolute atomic E-state index is 0.128. The molecule has 0 aromatic heterocycles. The van der Waals surface area contributed by atoms with Crippen LogP contribution in [0.3, 0.4) is 0 Å². The number of hydrogen-bond acceptors (Lipinski definition) is 2. The average molecular weight is 264 g/mol. The Labute approximate surface area is 111 Å². The average Bonchev–Trinajstić information content (AvgIpc) is 2.23. The number of aryl methyl sites for hydroxylation is 1. The second-order valence-electron chi connectivity index (χ2n) is 6.41. The molecule has 3 heteroatoms. The molecule has 1 rings (SSSR count). The molecule has 0 heterocycles. The summed E-state index contributed by atoms with van der Waals surface area (Å²) in [6, 6.07) is 3.81. The lowest BCUT2D eigenvalue weighted by Gasteiger charge is -2.37. The quantitative estimate of drug-likeness (QED) is 0.593. The summed E-state index contributed by atoms with van der Waals surface area (Å²) in [5.41, 5.74) is 2.89. The highest BCUT2D eigenvalue weighted by Gasteiger charge is 2.39. The smallest absolute Gasteiger partial charge is 0.250 e. The number of benzene rings is 1. The first-order chi connectivity index (χ1) is 8.10. The molecule has 0 N–H and O–H groups in total. The van der Waals surface area contributed by atoms with Crippen LogP contribution in [0.1, 0.15) is 42.3 Å². The van der Waals surface area contributed by atoms with Crippen molar-refractivity contribution in [2.75, 3.05) is 0 Å². The first kappa shape index (κ1) is 15.0. The van der Waals surface area contributed by atoms with Gasteiger partial charge in [0.1, 0.15) is 5.75 Å². The van der Waals surface area contributed by atoms with E-state index in [9.17, 15) is 4.79 Å². The van der Waals surface area contributed by atoms with Crippen LogP contribution in [0.25, 0.3) is 0 Å². The van der Waals surface area contributed by atoms with Crippen LogP contribution in [0, 0.1) is 13.8 Å². The topological polar surface area (TPSA) is 26.3 Å². The molecule has 0 saturated carbocycles. The van der Waals surface area contributed by atoms with Crippen LogP contribution >= 0.6 is 0 Å². The van der Waals surface area contributed by atoms with Gasteiger partial charge in [-0.25, -0.2) is 0 Å². The number of hydrogen-bond donors (Lipinski definition) is 0. The van der Waals surface area contributed by atoms with Gasteiger partial charge in [-0.1, -0.05) is 26.8 Å². The highest BCUT2D eigenvalue weighted by atomic mass is 28.4. The molecule has 2 nitrogen and oxygen atoms in total. The summed E-state index contributed by atoms with van der Waals surface area (Å²) < 4.78 is 6.31. The normalized spacial score (nSPS) is 12.4. The third-order valence-corrected chi connectivity index (χ3v) is 8.32. The maximum absolute atomic E-state index is 11.2. The maximum Gasteiger partial charge on any atom is 0.250 e. The molecule has 1 aromatic rings. The van der Waals surface area contributed by atoms with Crippen molar-refractivity contribution in [2.24, 2.45) is 0 Å². The van der Waals surface area contributed by atoms with Gasteiger partial charge in [0.05, 0.1) is 5.56 Å². The molecule has 0 fully saturated rings. The first-order valence-corrected chi connectivity index (χ1v) is 9.25. The largest absolute Gasteiger partial charge is 0.543 e. The predicted octanol–water partition coefficient (Wildman–Crippen LogP) is 4.50. The van der Waals surface area contributed by atoms with Crippen molar-refractivity contribution in [3.05, 3.63) is 28.8 Å². The zero-order chi connectivity index (χ0) is 14.1. The summed E-state index contributed by atoms with van der Waals surface area (Å²) >= 11 is 0. The molecular weight excluding hydrogens is 240 g/mol. The first-order valence-electron chi connectivity index (χ1n) is 6.34. The van der Waals surface area contributed by atoms with Gasteiger partial charge in [-0.2, -0.15) is 0 Å². The fourth-order valence-corrected chi connectivity index (χ4v) is 2.54. The van der Waals surface area contributed by atoms with E-state index in [1.54, 1.807) is 0 Å². The van der Waals surface area contributed by atoms with Gasteiger partial charge in [0.15, 0.2) is 6.29 Å². The van der Waals surface area contributed by atoms with Crippen molar-refractivity contribution in [3.63, 3.8) is 0 Å². The van der Waals surface area contributed by atoms with Crippen LogP contribution in [0.2, 0.25) is 18.1 Å². The van der Waals surface area contributed by atoms with Crippen LogP contribution in [-0.4, -0.2) is 14.6 Å². The highest BCUT2D eigenvalue weighted by molar-refractivity contribution is 6.74. The molecule has 0 spiro atoms. The Morgan fingerprint density at radius 3 is 2.17 bits per heavy atom. The second kappa shape index (κ2) is 4.88. The molecule has 0 aliphatic heterocycles. The van der Waals surface area contributed by atoms with Gasteiger partial charge in [-0.3, -0.25) is 4.79 Å². The van der Waals surface area contributed by atoms with E-state index in [4.69, 9.17) is 4.43 Å². The number of rotatable bonds is 3. The predicted molar refractivity (Wildman–Crippen MR) is 79.1 cm³/mol. The molecule has 0 aliphatic rings. The molecule has 0 aliphatic carbocycles. The van der Waals surface area contributed by atoms with E-state index in [0.717, 1.165) is 23.2 Å². The van der Waals surface area contributed by atoms with E-state index in [1.165, 1.54) is 0 Å².